The summed E-state index contributed by atoms with van der Waals surface area (Å²) < 4.78 is 0. The molecule has 62 valence electrons. The molecule has 0 heterocycles. The number of hydrogen-bond acceptors (Lipinski definition) is 2. The second kappa shape index (κ2) is 5.69. The molecule has 4 N–H and O–H groups in total. The highest BCUT2D eigenvalue weighted by atomic mass is 14.7. The first-order chi connectivity index (χ1) is 4.76. The van der Waals surface area contributed by atoms with Gasteiger partial charge in [-0.2, -0.15) is 0 Å². The highest BCUT2D eigenvalue weighted by Gasteiger charge is 2.12. The molecule has 0 radical (unpaired) electrons. The Morgan fingerprint density at radius 1 is 1.30 bits per heavy atom. The molecule has 0 rings (SSSR count). The van der Waals surface area contributed by atoms with Gasteiger partial charge in [-0.05, 0) is 18.9 Å². The third-order valence-corrected chi connectivity index (χ3v) is 2.05. The van der Waals surface area contributed by atoms with Crippen LogP contribution in [0.1, 0.15) is 33.1 Å². The third-order valence-electron chi connectivity index (χ3n) is 2.05. The molecule has 0 fully saturated rings. The van der Waals surface area contributed by atoms with Gasteiger partial charge >= 0.3 is 0 Å². The van der Waals surface area contributed by atoms with Crippen molar-refractivity contribution in [3.8, 4) is 0 Å². The second-order valence-corrected chi connectivity index (χ2v) is 2.86. The Hall–Kier alpha value is -0.0800. The van der Waals surface area contributed by atoms with E-state index >= 15 is 0 Å². The summed E-state index contributed by atoms with van der Waals surface area (Å²) >= 11 is 0. The van der Waals surface area contributed by atoms with E-state index in [1.807, 2.05) is 0 Å². The molecular formula is C8H20N2. The lowest BCUT2D eigenvalue weighted by atomic mass is 9.94. The lowest BCUT2D eigenvalue weighted by Gasteiger charge is -2.19. The van der Waals surface area contributed by atoms with E-state index in [-0.39, 0.29) is 0 Å². The van der Waals surface area contributed by atoms with Crippen LogP contribution in [0.5, 0.6) is 0 Å². The van der Waals surface area contributed by atoms with Crippen molar-refractivity contribution in [1.82, 2.24) is 0 Å². The minimum absolute atomic E-state index is 0.319. The van der Waals surface area contributed by atoms with Crippen molar-refractivity contribution in [3.63, 3.8) is 0 Å². The van der Waals surface area contributed by atoms with Crippen LogP contribution in [0.15, 0.2) is 0 Å². The van der Waals surface area contributed by atoms with Gasteiger partial charge in [-0.1, -0.05) is 26.7 Å². The fraction of sp³-hybridized carbons (Fsp3) is 1.00. The highest BCUT2D eigenvalue weighted by Crippen LogP contribution is 2.09. The van der Waals surface area contributed by atoms with E-state index in [0.717, 1.165) is 25.8 Å². The first-order valence-electron chi connectivity index (χ1n) is 4.21. The molecule has 0 bridgehead atoms. The van der Waals surface area contributed by atoms with Crippen LogP contribution >= 0.6 is 0 Å². The topological polar surface area (TPSA) is 52.0 Å². The average molecular weight is 144 g/mol. The van der Waals surface area contributed by atoms with Crippen LogP contribution in [0, 0.1) is 5.92 Å². The van der Waals surface area contributed by atoms with E-state index in [1.54, 1.807) is 0 Å². The number of rotatable bonds is 5. The van der Waals surface area contributed by atoms with Crippen molar-refractivity contribution in [2.24, 2.45) is 17.4 Å². The predicted molar refractivity (Wildman–Crippen MR) is 45.7 cm³/mol. The zero-order valence-electron chi connectivity index (χ0n) is 7.14. The highest BCUT2D eigenvalue weighted by molar-refractivity contribution is 4.71. The molecule has 0 aromatic heterocycles. The van der Waals surface area contributed by atoms with Crippen LogP contribution in [0.4, 0.5) is 0 Å². The van der Waals surface area contributed by atoms with Gasteiger partial charge in [0.05, 0.1) is 0 Å². The summed E-state index contributed by atoms with van der Waals surface area (Å²) in [7, 11) is 0. The summed E-state index contributed by atoms with van der Waals surface area (Å²) in [6.45, 7) is 5.04. The molecule has 2 nitrogen and oxygen atoms in total. The fourth-order valence-electron chi connectivity index (χ4n) is 1.21. The smallest absolute Gasteiger partial charge is 0.00789 e. The predicted octanol–water partition coefficient (Wildman–Crippen LogP) is 1.10. The summed E-state index contributed by atoms with van der Waals surface area (Å²) in [5.74, 6) is 0.528. The van der Waals surface area contributed by atoms with Gasteiger partial charge in [0.25, 0.3) is 0 Å². The van der Waals surface area contributed by atoms with E-state index in [2.05, 4.69) is 13.8 Å². The zero-order chi connectivity index (χ0) is 7.98. The standard InChI is InChI=1S/C8H20N2/c1-3-5-8(10)7(4-2)6-9/h7-8H,3-6,9-10H2,1-2H3. The quantitative estimate of drug-likeness (QED) is 0.607. The van der Waals surface area contributed by atoms with Crippen molar-refractivity contribution in [2.75, 3.05) is 6.54 Å². The van der Waals surface area contributed by atoms with Gasteiger partial charge in [-0.25, -0.2) is 0 Å². The van der Waals surface area contributed by atoms with Crippen LogP contribution in [0.25, 0.3) is 0 Å². The van der Waals surface area contributed by atoms with Crippen molar-refractivity contribution in [2.45, 2.75) is 39.2 Å². The summed E-state index contributed by atoms with van der Waals surface area (Å²) in [6, 6.07) is 0.319. The lowest BCUT2D eigenvalue weighted by molar-refractivity contribution is 0.394. The molecule has 0 aromatic rings. The molecule has 0 saturated heterocycles. The van der Waals surface area contributed by atoms with E-state index in [4.69, 9.17) is 11.5 Å². The first kappa shape index (κ1) is 9.92. The molecule has 2 atom stereocenters. The molecule has 2 unspecified atom stereocenters. The van der Waals surface area contributed by atoms with Crippen LogP contribution in [-0.4, -0.2) is 12.6 Å². The van der Waals surface area contributed by atoms with E-state index in [0.29, 0.717) is 12.0 Å². The maximum Gasteiger partial charge on any atom is 0.00789 e. The molecule has 0 aliphatic rings. The Balaban J connectivity index is 3.53. The second-order valence-electron chi connectivity index (χ2n) is 2.86. The Kier molecular flexibility index (Phi) is 5.64. The third kappa shape index (κ3) is 3.18. The monoisotopic (exact) mass is 144 g/mol. The van der Waals surface area contributed by atoms with Crippen LogP contribution < -0.4 is 11.5 Å². The van der Waals surface area contributed by atoms with Gasteiger partial charge in [0.1, 0.15) is 0 Å². The molecule has 0 spiro atoms. The summed E-state index contributed by atoms with van der Waals surface area (Å²) in [5.41, 5.74) is 11.4. The van der Waals surface area contributed by atoms with Crippen LogP contribution in [0.3, 0.4) is 0 Å². The minimum Gasteiger partial charge on any atom is -0.330 e. The maximum atomic E-state index is 5.87. The molecule has 10 heavy (non-hydrogen) atoms. The van der Waals surface area contributed by atoms with E-state index < -0.39 is 0 Å². The van der Waals surface area contributed by atoms with Gasteiger partial charge in [-0.3, -0.25) is 0 Å². The Bertz CT molecular complexity index is 69.7. The molecule has 2 heteroatoms. The molecule has 0 amide bonds. The first-order valence-corrected chi connectivity index (χ1v) is 4.21. The molecular weight excluding hydrogens is 124 g/mol. The molecule has 0 aliphatic carbocycles. The summed E-state index contributed by atoms with van der Waals surface area (Å²) in [5, 5.41) is 0. The minimum atomic E-state index is 0.319. The molecule has 0 aromatic carbocycles. The van der Waals surface area contributed by atoms with E-state index in [1.165, 1.54) is 0 Å². The van der Waals surface area contributed by atoms with E-state index in [9.17, 15) is 0 Å². The van der Waals surface area contributed by atoms with Gasteiger partial charge in [-0.15, -0.1) is 0 Å². The fourth-order valence-corrected chi connectivity index (χ4v) is 1.21. The normalized spacial score (nSPS) is 16.8. The van der Waals surface area contributed by atoms with Crippen LogP contribution in [0.2, 0.25) is 0 Å². The summed E-state index contributed by atoms with van der Waals surface area (Å²) in [6.07, 6.45) is 3.38. The van der Waals surface area contributed by atoms with Crippen molar-refractivity contribution in [3.05, 3.63) is 0 Å². The Morgan fingerprint density at radius 3 is 2.20 bits per heavy atom. The molecule has 0 saturated carbocycles. The zero-order valence-corrected chi connectivity index (χ0v) is 7.14. The summed E-state index contributed by atoms with van der Waals surface area (Å²) in [4.78, 5) is 0. The average Bonchev–Trinajstić information content (AvgIpc) is 1.91. The van der Waals surface area contributed by atoms with Crippen molar-refractivity contribution < 1.29 is 0 Å². The van der Waals surface area contributed by atoms with Gasteiger partial charge in [0.2, 0.25) is 0 Å². The molecule has 0 aliphatic heterocycles. The van der Waals surface area contributed by atoms with Gasteiger partial charge in [0, 0.05) is 6.04 Å². The van der Waals surface area contributed by atoms with Gasteiger partial charge in [0.15, 0.2) is 0 Å². The Morgan fingerprint density at radius 2 is 1.90 bits per heavy atom. The van der Waals surface area contributed by atoms with Crippen molar-refractivity contribution >= 4 is 0 Å². The maximum absolute atomic E-state index is 5.87. The van der Waals surface area contributed by atoms with Gasteiger partial charge < -0.3 is 11.5 Å². The SMILES string of the molecule is CCCC(N)C(CC)CN. The Labute approximate surface area is 64.0 Å². The number of nitrogens with two attached hydrogens (primary N) is 2. The van der Waals surface area contributed by atoms with Crippen LogP contribution in [-0.2, 0) is 0 Å². The largest absolute Gasteiger partial charge is 0.330 e. The number of hydrogen-bond donors (Lipinski definition) is 2. The van der Waals surface area contributed by atoms with Crippen molar-refractivity contribution in [1.29, 1.82) is 0 Å². The lowest BCUT2D eigenvalue weighted by Crippen LogP contribution is -2.34.